The van der Waals surface area contributed by atoms with Crippen molar-refractivity contribution < 1.29 is 17.6 Å². The Kier molecular flexibility index (Phi) is 8.35. The van der Waals surface area contributed by atoms with E-state index in [1.807, 2.05) is 6.08 Å². The van der Waals surface area contributed by atoms with Crippen molar-refractivity contribution in [2.75, 3.05) is 0 Å². The molecule has 1 nitrogen and oxygen atoms in total. The molecule has 3 rings (SSSR count). The number of benzene rings is 1. The van der Waals surface area contributed by atoms with Gasteiger partial charge in [0.05, 0.1) is 5.56 Å². The van der Waals surface area contributed by atoms with Gasteiger partial charge in [-0.25, -0.2) is 0 Å². The molecule has 0 aliphatic heterocycles. The minimum Gasteiger partial charge on any atom is -0.195 e. The van der Waals surface area contributed by atoms with Gasteiger partial charge in [0.1, 0.15) is 6.07 Å². The van der Waals surface area contributed by atoms with Crippen LogP contribution in [-0.4, -0.2) is 0 Å². The van der Waals surface area contributed by atoms with Crippen molar-refractivity contribution in [2.24, 2.45) is 17.8 Å². The lowest BCUT2D eigenvalue weighted by Gasteiger charge is -2.38. The second kappa shape index (κ2) is 11.0. The molecule has 0 atom stereocenters. The van der Waals surface area contributed by atoms with E-state index in [-0.39, 0.29) is 0 Å². The van der Waals surface area contributed by atoms with Crippen LogP contribution in [0.2, 0.25) is 0 Å². The van der Waals surface area contributed by atoms with Gasteiger partial charge in [0, 0.05) is 0 Å². The second-order valence-corrected chi connectivity index (χ2v) is 9.14. The van der Waals surface area contributed by atoms with Crippen molar-refractivity contribution in [3.05, 3.63) is 59.4 Å². The summed E-state index contributed by atoms with van der Waals surface area (Å²) >= 11 is 0. The molecule has 2 aliphatic carbocycles. The van der Waals surface area contributed by atoms with Crippen LogP contribution in [0.1, 0.15) is 81.3 Å². The molecule has 0 heterocycles. The minimum absolute atomic E-state index is 0.390. The molecule has 1 aromatic rings. The Bertz CT molecular complexity index is 784. The first kappa shape index (κ1) is 23.6. The van der Waals surface area contributed by atoms with Crippen LogP contribution < -0.4 is 0 Å². The van der Waals surface area contributed by atoms with E-state index < -0.39 is 17.6 Å². The van der Waals surface area contributed by atoms with E-state index in [0.29, 0.717) is 5.92 Å². The largest absolute Gasteiger partial charge is 0.416 e. The molecule has 0 N–H and O–H groups in total. The van der Waals surface area contributed by atoms with E-state index in [4.69, 9.17) is 5.26 Å². The smallest absolute Gasteiger partial charge is 0.195 e. The third-order valence-corrected chi connectivity index (χ3v) is 7.27. The predicted molar refractivity (Wildman–Crippen MR) is 115 cm³/mol. The van der Waals surface area contributed by atoms with Crippen LogP contribution in [-0.2, 0) is 6.18 Å². The number of allylic oxidation sites excluding steroid dienone is 4. The number of hydrogen-bond acceptors (Lipinski definition) is 1. The molecule has 2 saturated carbocycles. The van der Waals surface area contributed by atoms with Gasteiger partial charge in [-0.3, -0.25) is 0 Å². The highest BCUT2D eigenvalue weighted by Gasteiger charge is 2.32. The maximum absolute atomic E-state index is 12.8. The molecule has 0 aromatic heterocycles. The van der Waals surface area contributed by atoms with Gasteiger partial charge >= 0.3 is 6.18 Å². The Morgan fingerprint density at radius 2 is 1.52 bits per heavy atom. The zero-order valence-corrected chi connectivity index (χ0v) is 17.9. The third kappa shape index (κ3) is 6.95. The van der Waals surface area contributed by atoms with E-state index >= 15 is 0 Å². The van der Waals surface area contributed by atoms with Crippen molar-refractivity contribution in [3.63, 3.8) is 0 Å². The van der Waals surface area contributed by atoms with E-state index in [1.54, 1.807) is 18.2 Å². The van der Waals surface area contributed by atoms with Crippen LogP contribution in [0.15, 0.2) is 48.3 Å². The van der Waals surface area contributed by atoms with Crippen LogP contribution in [0, 0.1) is 29.1 Å². The summed E-state index contributed by atoms with van der Waals surface area (Å²) in [6.45, 7) is 0. The van der Waals surface area contributed by atoms with E-state index in [2.05, 4.69) is 0 Å². The summed E-state index contributed by atoms with van der Waals surface area (Å²) in [5, 5.41) is 8.37. The number of nitriles is 1. The zero-order valence-electron chi connectivity index (χ0n) is 17.9. The molecule has 2 fully saturated rings. The fraction of sp³-hybridized carbons (Fsp3) is 0.577. The van der Waals surface area contributed by atoms with Gasteiger partial charge in [0.15, 0.2) is 5.83 Å². The monoisotopic (exact) mass is 433 g/mol. The quantitative estimate of drug-likeness (QED) is 0.251. The number of alkyl halides is 3. The normalized spacial score (nSPS) is 27.9. The molecular weight excluding hydrogens is 402 g/mol. The highest BCUT2D eigenvalue weighted by Crippen LogP contribution is 2.44. The van der Waals surface area contributed by atoms with Crippen molar-refractivity contribution in [1.82, 2.24) is 0 Å². The first-order valence-electron chi connectivity index (χ1n) is 11.5. The Balaban J connectivity index is 1.38. The first-order valence-corrected chi connectivity index (χ1v) is 11.5. The maximum atomic E-state index is 12.8. The van der Waals surface area contributed by atoms with E-state index in [0.717, 1.165) is 49.0 Å². The van der Waals surface area contributed by atoms with Crippen LogP contribution in [0.3, 0.4) is 0 Å². The Labute approximate surface area is 182 Å². The molecule has 31 heavy (non-hydrogen) atoms. The molecule has 0 spiro atoms. The van der Waals surface area contributed by atoms with Gasteiger partial charge in [0.2, 0.25) is 0 Å². The molecule has 168 valence electrons. The Hall–Kier alpha value is -2.09. The van der Waals surface area contributed by atoms with Crippen LogP contribution in [0.5, 0.6) is 0 Å². The molecular formula is C26H31F4N. The summed E-state index contributed by atoms with van der Waals surface area (Å²) in [5.41, 5.74) is 0.482. The van der Waals surface area contributed by atoms with Gasteiger partial charge in [-0.05, 0) is 98.8 Å². The molecule has 0 radical (unpaired) electrons. The van der Waals surface area contributed by atoms with Crippen molar-refractivity contribution in [1.29, 1.82) is 5.26 Å². The Morgan fingerprint density at radius 3 is 2.06 bits per heavy atom. The van der Waals surface area contributed by atoms with E-state index in [1.165, 1.54) is 62.8 Å². The maximum Gasteiger partial charge on any atom is 0.416 e. The summed E-state index contributed by atoms with van der Waals surface area (Å²) in [7, 11) is 0. The molecule has 0 unspecified atom stereocenters. The number of halogens is 4. The molecule has 1 aromatic carbocycles. The van der Waals surface area contributed by atoms with Crippen LogP contribution in [0.25, 0.3) is 0 Å². The van der Waals surface area contributed by atoms with Crippen LogP contribution >= 0.6 is 0 Å². The van der Waals surface area contributed by atoms with Gasteiger partial charge < -0.3 is 0 Å². The third-order valence-electron chi connectivity index (χ3n) is 7.27. The molecule has 0 amide bonds. The van der Waals surface area contributed by atoms with Crippen molar-refractivity contribution in [2.45, 2.75) is 76.3 Å². The number of hydrogen-bond donors (Lipinski definition) is 0. The highest BCUT2D eigenvalue weighted by atomic mass is 19.4. The average molecular weight is 434 g/mol. The highest BCUT2D eigenvalue weighted by molar-refractivity contribution is 5.27. The summed E-state index contributed by atoms with van der Waals surface area (Å²) in [5.74, 6) is 1.90. The minimum atomic E-state index is -4.27. The van der Waals surface area contributed by atoms with Gasteiger partial charge in [-0.15, -0.1) is 0 Å². The Morgan fingerprint density at radius 1 is 0.935 bits per heavy atom. The number of nitrogens with zero attached hydrogens (tertiary/aromatic N) is 1. The fourth-order valence-electron chi connectivity index (χ4n) is 5.43. The molecule has 0 saturated heterocycles. The van der Waals surface area contributed by atoms with Crippen molar-refractivity contribution in [3.8, 4) is 6.07 Å². The average Bonchev–Trinajstić information content (AvgIpc) is 2.79. The summed E-state index contributed by atoms with van der Waals surface area (Å²) in [4.78, 5) is 0. The lowest BCUT2D eigenvalue weighted by Crippen LogP contribution is -2.25. The SMILES string of the molecule is N#CC(F)=CC=CCCC1CCC(C2CCC(c3ccc(C(F)(F)F)cc3)CC2)CC1. The molecule has 5 heteroatoms. The molecule has 0 bridgehead atoms. The first-order chi connectivity index (χ1) is 14.9. The summed E-state index contributed by atoms with van der Waals surface area (Å²) in [6, 6.07) is 7.23. The summed E-state index contributed by atoms with van der Waals surface area (Å²) < 4.78 is 51.0. The lowest BCUT2D eigenvalue weighted by molar-refractivity contribution is -0.137. The molecule has 2 aliphatic rings. The van der Waals surface area contributed by atoms with Crippen LogP contribution in [0.4, 0.5) is 17.6 Å². The van der Waals surface area contributed by atoms with Crippen molar-refractivity contribution >= 4 is 0 Å². The number of rotatable bonds is 6. The predicted octanol–water partition coefficient (Wildman–Crippen LogP) is 8.50. The topological polar surface area (TPSA) is 23.8 Å². The fourth-order valence-corrected chi connectivity index (χ4v) is 5.43. The summed E-state index contributed by atoms with van der Waals surface area (Å²) in [6.07, 6.45) is 12.1. The lowest BCUT2D eigenvalue weighted by atomic mass is 9.68. The van der Waals surface area contributed by atoms with Gasteiger partial charge in [-0.2, -0.15) is 22.8 Å². The zero-order chi connectivity index (χ0) is 22.3. The standard InChI is InChI=1S/C26H31F4N/c27-25(18-31)5-3-1-2-4-19-6-8-20(9-7-19)21-10-12-22(13-11-21)23-14-16-24(17-15-23)26(28,29)30/h1,3,5,14-17,19-22H,2,4,6-13H2. The van der Waals surface area contributed by atoms with Gasteiger partial charge in [-0.1, -0.05) is 37.1 Å². The second-order valence-electron chi connectivity index (χ2n) is 9.14. The van der Waals surface area contributed by atoms with E-state index in [9.17, 15) is 17.6 Å². The van der Waals surface area contributed by atoms with Gasteiger partial charge in [0.25, 0.3) is 0 Å².